The topological polar surface area (TPSA) is 75.7 Å². The van der Waals surface area contributed by atoms with E-state index in [1.165, 1.54) is 0 Å². The molecule has 2 amide bonds. The Morgan fingerprint density at radius 3 is 2.44 bits per heavy atom. The maximum atomic E-state index is 13.2. The summed E-state index contributed by atoms with van der Waals surface area (Å²) in [6, 6.07) is 16.2. The number of benzene rings is 2. The maximum Gasteiger partial charge on any atom is 0.253 e. The van der Waals surface area contributed by atoms with Crippen molar-refractivity contribution >= 4 is 52.0 Å². The number of hydrogen-bond acceptors (Lipinski definition) is 5. The van der Waals surface area contributed by atoms with Crippen molar-refractivity contribution in [2.45, 2.75) is 24.3 Å². The molecular formula is C24H23IN2O4S. The highest BCUT2D eigenvalue weighted by Crippen LogP contribution is 2.41. The van der Waals surface area contributed by atoms with E-state index in [1.54, 1.807) is 23.8 Å². The number of carbonyl (C=O) groups is 3. The number of nitrogens with zero attached hydrogens (tertiary/aromatic N) is 1. The molecule has 1 fully saturated rings. The van der Waals surface area contributed by atoms with E-state index in [-0.39, 0.29) is 35.8 Å². The van der Waals surface area contributed by atoms with Crippen molar-refractivity contribution < 1.29 is 19.1 Å². The van der Waals surface area contributed by atoms with Crippen LogP contribution in [0.3, 0.4) is 0 Å². The van der Waals surface area contributed by atoms with Gasteiger partial charge in [-0.1, -0.05) is 65.1 Å². The molecule has 32 heavy (non-hydrogen) atoms. The number of allylic oxidation sites excluding steroid dienone is 1. The number of alkyl halides is 1. The van der Waals surface area contributed by atoms with Crippen molar-refractivity contribution in [2.75, 3.05) is 17.3 Å². The summed E-state index contributed by atoms with van der Waals surface area (Å²) in [7, 11) is 1.60. The summed E-state index contributed by atoms with van der Waals surface area (Å²) in [5.74, 6) is 0.921. The highest BCUT2D eigenvalue weighted by Gasteiger charge is 2.53. The SMILES string of the molecule is COc1ccc(CC(=O)C2=C(CI)CSC3C(NC(=O)Cc4ccccc4)C(=O)N23)cc1. The summed E-state index contributed by atoms with van der Waals surface area (Å²) in [5.41, 5.74) is 3.23. The van der Waals surface area contributed by atoms with Crippen LogP contribution in [-0.2, 0) is 27.2 Å². The number of Topliss-reactive ketones (excluding diaryl/α,β-unsaturated/α-hetero) is 1. The number of rotatable bonds is 8. The van der Waals surface area contributed by atoms with Gasteiger partial charge in [-0.2, -0.15) is 0 Å². The second-order valence-corrected chi connectivity index (χ2v) is 9.52. The van der Waals surface area contributed by atoms with Crippen LogP contribution in [0.5, 0.6) is 5.75 Å². The van der Waals surface area contributed by atoms with E-state index in [1.807, 2.05) is 54.6 Å². The minimum Gasteiger partial charge on any atom is -0.497 e. The molecule has 1 saturated heterocycles. The molecule has 0 saturated carbocycles. The van der Waals surface area contributed by atoms with E-state index in [2.05, 4.69) is 27.9 Å². The number of halogens is 1. The zero-order chi connectivity index (χ0) is 22.7. The predicted octanol–water partition coefficient (Wildman–Crippen LogP) is 3.14. The Morgan fingerprint density at radius 1 is 1.09 bits per heavy atom. The van der Waals surface area contributed by atoms with Crippen LogP contribution in [0.1, 0.15) is 11.1 Å². The smallest absolute Gasteiger partial charge is 0.253 e. The first-order valence-electron chi connectivity index (χ1n) is 10.2. The molecule has 166 valence electrons. The summed E-state index contributed by atoms with van der Waals surface area (Å²) in [4.78, 5) is 40.3. The van der Waals surface area contributed by atoms with Gasteiger partial charge in [0.15, 0.2) is 5.78 Å². The molecular weight excluding hydrogens is 539 g/mol. The first kappa shape index (κ1) is 22.8. The van der Waals surface area contributed by atoms with Gasteiger partial charge in [0.25, 0.3) is 5.91 Å². The number of ketones is 1. The first-order valence-corrected chi connectivity index (χ1v) is 12.8. The van der Waals surface area contributed by atoms with Crippen molar-refractivity contribution in [3.63, 3.8) is 0 Å². The van der Waals surface area contributed by atoms with E-state index in [0.29, 0.717) is 15.9 Å². The quantitative estimate of drug-likeness (QED) is 0.304. The predicted molar refractivity (Wildman–Crippen MR) is 133 cm³/mol. The van der Waals surface area contributed by atoms with Gasteiger partial charge >= 0.3 is 0 Å². The Bertz CT molecular complexity index is 1060. The fraction of sp³-hybridized carbons (Fsp3) is 0.292. The lowest BCUT2D eigenvalue weighted by atomic mass is 9.97. The molecule has 2 aromatic carbocycles. The third kappa shape index (κ3) is 4.71. The molecule has 0 radical (unpaired) electrons. The molecule has 2 unspecified atom stereocenters. The van der Waals surface area contributed by atoms with Gasteiger partial charge in [0, 0.05) is 16.6 Å². The van der Waals surface area contributed by atoms with Crippen LogP contribution in [0.25, 0.3) is 0 Å². The van der Waals surface area contributed by atoms with E-state index in [0.717, 1.165) is 22.4 Å². The number of hydrogen-bond donors (Lipinski definition) is 1. The highest BCUT2D eigenvalue weighted by molar-refractivity contribution is 14.1. The number of thioether (sulfide) groups is 1. The Morgan fingerprint density at radius 2 is 1.78 bits per heavy atom. The van der Waals surface area contributed by atoms with Crippen LogP contribution in [0, 0.1) is 0 Å². The highest BCUT2D eigenvalue weighted by atomic mass is 127. The number of β-lactam (4-membered cyclic amide) rings is 1. The maximum absolute atomic E-state index is 13.2. The largest absolute Gasteiger partial charge is 0.497 e. The fourth-order valence-corrected chi connectivity index (χ4v) is 6.22. The van der Waals surface area contributed by atoms with Crippen molar-refractivity contribution in [3.05, 3.63) is 77.0 Å². The van der Waals surface area contributed by atoms with E-state index in [4.69, 9.17) is 4.74 Å². The van der Waals surface area contributed by atoms with Gasteiger partial charge in [-0.3, -0.25) is 19.3 Å². The fourth-order valence-electron chi connectivity index (χ4n) is 3.88. The van der Waals surface area contributed by atoms with Crippen LogP contribution in [-0.4, -0.2) is 51.2 Å². The monoisotopic (exact) mass is 562 g/mol. The first-order chi connectivity index (χ1) is 15.5. The van der Waals surface area contributed by atoms with Gasteiger partial charge in [-0.15, -0.1) is 11.8 Å². The van der Waals surface area contributed by atoms with E-state index < -0.39 is 6.04 Å². The second kappa shape index (κ2) is 10.1. The van der Waals surface area contributed by atoms with Gasteiger partial charge in [-0.05, 0) is 28.8 Å². The Kier molecular flexibility index (Phi) is 7.20. The van der Waals surface area contributed by atoms with Gasteiger partial charge in [-0.25, -0.2) is 0 Å². The average molecular weight is 562 g/mol. The lowest BCUT2D eigenvalue weighted by molar-refractivity contribution is -0.147. The Hall–Kier alpha value is -2.33. The van der Waals surface area contributed by atoms with Crippen molar-refractivity contribution in [3.8, 4) is 5.75 Å². The zero-order valence-electron chi connectivity index (χ0n) is 17.5. The minimum atomic E-state index is -0.601. The number of amides is 2. The lowest BCUT2D eigenvalue weighted by Crippen LogP contribution is -2.70. The summed E-state index contributed by atoms with van der Waals surface area (Å²) < 4.78 is 5.85. The summed E-state index contributed by atoms with van der Waals surface area (Å²) in [6.45, 7) is 0. The second-order valence-electron chi connectivity index (χ2n) is 7.65. The molecule has 0 aliphatic carbocycles. The number of nitrogens with one attached hydrogen (secondary N) is 1. The van der Waals surface area contributed by atoms with Crippen molar-refractivity contribution in [1.29, 1.82) is 0 Å². The molecule has 8 heteroatoms. The molecule has 0 spiro atoms. The molecule has 2 atom stereocenters. The molecule has 2 aliphatic heterocycles. The van der Waals surface area contributed by atoms with Crippen LogP contribution in [0.2, 0.25) is 0 Å². The molecule has 2 aliphatic rings. The van der Waals surface area contributed by atoms with Crippen LogP contribution in [0.15, 0.2) is 65.9 Å². The van der Waals surface area contributed by atoms with E-state index >= 15 is 0 Å². The number of carbonyl (C=O) groups excluding carboxylic acids is 3. The van der Waals surface area contributed by atoms with Crippen molar-refractivity contribution in [2.24, 2.45) is 0 Å². The standard InChI is InChI=1S/C24H23IN2O4S/c1-31-18-9-7-16(8-10-18)11-19(28)22-17(13-25)14-32-24-21(23(30)27(22)24)26-20(29)12-15-5-3-2-4-6-15/h2-10,21,24H,11-14H2,1H3,(H,26,29). The molecule has 2 aromatic rings. The number of fused-ring (bicyclic) bond motifs is 1. The van der Waals surface area contributed by atoms with Gasteiger partial charge in [0.05, 0.1) is 19.2 Å². The summed E-state index contributed by atoms with van der Waals surface area (Å²) >= 11 is 3.83. The molecule has 4 rings (SSSR count). The van der Waals surface area contributed by atoms with Crippen LogP contribution in [0.4, 0.5) is 0 Å². The Labute approximate surface area is 204 Å². The zero-order valence-corrected chi connectivity index (χ0v) is 20.5. The summed E-state index contributed by atoms with van der Waals surface area (Å²) in [6.07, 6.45) is 0.436. The normalized spacial score (nSPS) is 19.8. The van der Waals surface area contributed by atoms with Gasteiger partial charge in [0.1, 0.15) is 17.2 Å². The van der Waals surface area contributed by atoms with Crippen LogP contribution < -0.4 is 10.1 Å². The number of ether oxygens (including phenoxy) is 1. The van der Waals surface area contributed by atoms with Gasteiger partial charge in [0.2, 0.25) is 5.91 Å². The average Bonchev–Trinajstić information content (AvgIpc) is 2.82. The molecule has 0 bridgehead atoms. The number of methoxy groups -OCH3 is 1. The van der Waals surface area contributed by atoms with Crippen molar-refractivity contribution in [1.82, 2.24) is 10.2 Å². The molecule has 1 N–H and O–H groups in total. The third-order valence-electron chi connectivity index (χ3n) is 5.52. The van der Waals surface area contributed by atoms with E-state index in [9.17, 15) is 14.4 Å². The third-order valence-corrected chi connectivity index (χ3v) is 7.78. The molecule has 0 aromatic heterocycles. The summed E-state index contributed by atoms with van der Waals surface area (Å²) in [5, 5.41) is 2.62. The van der Waals surface area contributed by atoms with Gasteiger partial charge < -0.3 is 10.1 Å². The lowest BCUT2D eigenvalue weighted by Gasteiger charge is -2.50. The van der Waals surface area contributed by atoms with Crippen LogP contribution >= 0.6 is 34.4 Å². The molecule has 6 nitrogen and oxygen atoms in total. The Balaban J connectivity index is 1.45. The molecule has 2 heterocycles. The minimum absolute atomic E-state index is 0.0745.